The lowest BCUT2D eigenvalue weighted by Gasteiger charge is -2.08. The molecule has 32 heavy (non-hydrogen) atoms. The van der Waals surface area contributed by atoms with Gasteiger partial charge in [-0.15, -0.1) is 0 Å². The van der Waals surface area contributed by atoms with Crippen molar-refractivity contribution in [2.24, 2.45) is 0 Å². The molecule has 0 aliphatic rings. The van der Waals surface area contributed by atoms with Crippen LogP contribution in [0.2, 0.25) is 0 Å². The summed E-state index contributed by atoms with van der Waals surface area (Å²) in [5.41, 5.74) is 3.79. The Hall–Kier alpha value is -3.61. The molecular weight excluding hydrogens is 405 g/mol. The van der Waals surface area contributed by atoms with Gasteiger partial charge in [0.05, 0.1) is 23.0 Å². The fraction of sp³-hybridized carbons (Fsp3) is 0.280. The Balaban J connectivity index is 1.80. The molecule has 0 radical (unpaired) electrons. The van der Waals surface area contributed by atoms with Crippen LogP contribution in [0.4, 0.5) is 4.39 Å². The number of unbranched alkanes of at least 4 members (excludes halogenated alkanes) is 3. The Morgan fingerprint density at radius 2 is 1.75 bits per heavy atom. The minimum absolute atomic E-state index is 0.146. The zero-order chi connectivity index (χ0) is 22.2. The van der Waals surface area contributed by atoms with Crippen LogP contribution in [0.25, 0.3) is 38.9 Å². The quantitative estimate of drug-likeness (QED) is 0.343. The Morgan fingerprint density at radius 3 is 2.50 bits per heavy atom. The molecule has 5 aromatic rings. The van der Waals surface area contributed by atoms with Crippen molar-refractivity contribution in [1.82, 2.24) is 24.1 Å². The fourth-order valence-corrected chi connectivity index (χ4v) is 4.11. The summed E-state index contributed by atoms with van der Waals surface area (Å²) in [7, 11) is 0. The van der Waals surface area contributed by atoms with Crippen molar-refractivity contribution in [3.05, 3.63) is 70.5 Å². The monoisotopic (exact) mass is 429 g/mol. The maximum Gasteiger partial charge on any atom is 0.265 e. The Kier molecular flexibility index (Phi) is 5.17. The van der Waals surface area contributed by atoms with Gasteiger partial charge in [-0.3, -0.25) is 13.9 Å². The van der Waals surface area contributed by atoms with E-state index in [1.165, 1.54) is 6.07 Å². The number of rotatable bonds is 6. The Labute approximate surface area is 184 Å². The SMILES string of the molecule is CCCCCCn1cnc2c(c1=O)c1nc3ccccc3nc1n2-c1ccc(C)c(F)c1. The van der Waals surface area contributed by atoms with Crippen molar-refractivity contribution in [1.29, 1.82) is 0 Å². The van der Waals surface area contributed by atoms with Crippen molar-refractivity contribution in [3.63, 3.8) is 0 Å². The molecule has 0 atom stereocenters. The summed E-state index contributed by atoms with van der Waals surface area (Å²) < 4.78 is 17.8. The highest BCUT2D eigenvalue weighted by Gasteiger charge is 2.21. The third kappa shape index (κ3) is 3.34. The van der Waals surface area contributed by atoms with Gasteiger partial charge < -0.3 is 0 Å². The lowest BCUT2D eigenvalue weighted by Crippen LogP contribution is -2.20. The highest BCUT2D eigenvalue weighted by Crippen LogP contribution is 2.28. The minimum Gasteiger partial charge on any atom is -0.299 e. The van der Waals surface area contributed by atoms with Crippen molar-refractivity contribution < 1.29 is 4.39 Å². The summed E-state index contributed by atoms with van der Waals surface area (Å²) >= 11 is 0. The molecule has 0 aliphatic heterocycles. The van der Waals surface area contributed by atoms with Crippen LogP contribution >= 0.6 is 0 Å². The molecule has 0 fully saturated rings. The second-order valence-corrected chi connectivity index (χ2v) is 8.16. The molecule has 0 amide bonds. The van der Waals surface area contributed by atoms with Gasteiger partial charge >= 0.3 is 0 Å². The predicted molar refractivity (Wildman–Crippen MR) is 125 cm³/mol. The number of benzene rings is 2. The number of para-hydroxylation sites is 2. The van der Waals surface area contributed by atoms with E-state index in [1.807, 2.05) is 30.3 Å². The largest absolute Gasteiger partial charge is 0.299 e. The average molecular weight is 429 g/mol. The van der Waals surface area contributed by atoms with Crippen LogP contribution in [-0.2, 0) is 6.54 Å². The molecule has 0 saturated heterocycles. The van der Waals surface area contributed by atoms with Crippen molar-refractivity contribution >= 4 is 33.2 Å². The molecular formula is C25H24FN5O. The molecule has 0 aliphatic carbocycles. The van der Waals surface area contributed by atoms with E-state index >= 15 is 0 Å². The number of aromatic nitrogens is 5. The lowest BCUT2D eigenvalue weighted by molar-refractivity contribution is 0.567. The van der Waals surface area contributed by atoms with E-state index in [9.17, 15) is 9.18 Å². The topological polar surface area (TPSA) is 65.6 Å². The first-order valence-corrected chi connectivity index (χ1v) is 11.0. The normalized spacial score (nSPS) is 11.7. The van der Waals surface area contributed by atoms with E-state index in [2.05, 4.69) is 11.9 Å². The van der Waals surface area contributed by atoms with Gasteiger partial charge in [-0.05, 0) is 43.2 Å². The first-order chi connectivity index (χ1) is 15.6. The molecule has 162 valence electrons. The standard InChI is InChI=1S/C25H24FN5O/c1-3-4-5-8-13-30-15-27-23-21(25(30)32)22-24(29-20-10-7-6-9-19(20)28-22)31(23)17-12-11-16(2)18(26)14-17/h6-7,9-12,14-15H,3-5,8,13H2,1-2H3. The third-order valence-corrected chi connectivity index (χ3v) is 5.90. The number of hydrogen-bond acceptors (Lipinski definition) is 4. The van der Waals surface area contributed by atoms with Crippen LogP contribution in [0.5, 0.6) is 0 Å². The lowest BCUT2D eigenvalue weighted by atomic mass is 10.2. The molecule has 5 rings (SSSR count). The molecule has 3 heterocycles. The number of fused-ring (bicyclic) bond motifs is 4. The van der Waals surface area contributed by atoms with Gasteiger partial charge in [0.15, 0.2) is 11.3 Å². The maximum absolute atomic E-state index is 14.4. The Morgan fingerprint density at radius 1 is 0.969 bits per heavy atom. The molecule has 7 heteroatoms. The van der Waals surface area contributed by atoms with Gasteiger partial charge in [0.1, 0.15) is 16.7 Å². The van der Waals surface area contributed by atoms with E-state index in [1.54, 1.807) is 28.5 Å². The van der Waals surface area contributed by atoms with Gasteiger partial charge in [0, 0.05) is 6.54 Å². The first kappa shape index (κ1) is 20.3. The molecule has 0 spiro atoms. The fourth-order valence-electron chi connectivity index (χ4n) is 4.11. The van der Waals surface area contributed by atoms with E-state index < -0.39 is 0 Å². The van der Waals surface area contributed by atoms with Crippen molar-refractivity contribution in [2.45, 2.75) is 46.1 Å². The molecule has 6 nitrogen and oxygen atoms in total. The van der Waals surface area contributed by atoms with Crippen LogP contribution in [0, 0.1) is 12.7 Å². The molecule has 0 unspecified atom stereocenters. The molecule has 0 bridgehead atoms. The van der Waals surface area contributed by atoms with Crippen LogP contribution < -0.4 is 5.56 Å². The first-order valence-electron chi connectivity index (χ1n) is 11.0. The smallest absolute Gasteiger partial charge is 0.265 e. The van der Waals surface area contributed by atoms with Crippen LogP contribution in [0.1, 0.15) is 38.2 Å². The van der Waals surface area contributed by atoms with Crippen LogP contribution in [-0.4, -0.2) is 24.1 Å². The van der Waals surface area contributed by atoms with Crippen LogP contribution in [0.15, 0.2) is 53.6 Å². The summed E-state index contributed by atoms with van der Waals surface area (Å²) in [4.78, 5) is 27.7. The average Bonchev–Trinajstić information content (AvgIpc) is 3.12. The van der Waals surface area contributed by atoms with Crippen LogP contribution in [0.3, 0.4) is 0 Å². The highest BCUT2D eigenvalue weighted by atomic mass is 19.1. The Bertz CT molecular complexity index is 1520. The molecule has 2 aromatic carbocycles. The summed E-state index contributed by atoms with van der Waals surface area (Å²) in [6, 6.07) is 12.5. The highest BCUT2D eigenvalue weighted by molar-refractivity contribution is 6.05. The number of hydrogen-bond donors (Lipinski definition) is 0. The molecule has 3 aromatic heterocycles. The van der Waals surface area contributed by atoms with Crippen molar-refractivity contribution in [2.75, 3.05) is 0 Å². The van der Waals surface area contributed by atoms with Gasteiger partial charge in [0.2, 0.25) is 0 Å². The predicted octanol–water partition coefficient (Wildman–Crippen LogP) is 5.31. The van der Waals surface area contributed by atoms with Crippen molar-refractivity contribution in [3.8, 4) is 5.69 Å². The number of nitrogens with zero attached hydrogens (tertiary/aromatic N) is 5. The van der Waals surface area contributed by atoms with Gasteiger partial charge in [-0.2, -0.15) is 0 Å². The summed E-state index contributed by atoms with van der Waals surface area (Å²) in [5.74, 6) is -0.324. The van der Waals surface area contributed by atoms with E-state index in [-0.39, 0.29) is 11.4 Å². The molecule has 0 saturated carbocycles. The minimum atomic E-state index is -0.324. The van der Waals surface area contributed by atoms with E-state index in [0.29, 0.717) is 51.0 Å². The number of aryl methyl sites for hydroxylation is 2. The van der Waals surface area contributed by atoms with E-state index in [4.69, 9.17) is 9.97 Å². The maximum atomic E-state index is 14.4. The van der Waals surface area contributed by atoms with Gasteiger partial charge in [0.25, 0.3) is 5.56 Å². The third-order valence-electron chi connectivity index (χ3n) is 5.90. The van der Waals surface area contributed by atoms with E-state index in [0.717, 1.165) is 25.7 Å². The summed E-state index contributed by atoms with van der Waals surface area (Å²) in [6.07, 6.45) is 5.83. The zero-order valence-electron chi connectivity index (χ0n) is 18.2. The second-order valence-electron chi connectivity index (χ2n) is 8.16. The zero-order valence-corrected chi connectivity index (χ0v) is 18.2. The van der Waals surface area contributed by atoms with Gasteiger partial charge in [-0.1, -0.05) is 44.4 Å². The molecule has 0 N–H and O–H groups in total. The number of halogens is 1. The second kappa shape index (κ2) is 8.15. The summed E-state index contributed by atoms with van der Waals surface area (Å²) in [5, 5.41) is 0.414. The summed E-state index contributed by atoms with van der Waals surface area (Å²) in [6.45, 7) is 4.48. The van der Waals surface area contributed by atoms with Gasteiger partial charge in [-0.25, -0.2) is 19.3 Å².